The lowest BCUT2D eigenvalue weighted by Crippen LogP contribution is -1.87. The van der Waals surface area contributed by atoms with Gasteiger partial charge in [-0.25, -0.2) is 0 Å². The van der Waals surface area contributed by atoms with E-state index in [4.69, 9.17) is 0 Å². The van der Waals surface area contributed by atoms with Gasteiger partial charge in [0.25, 0.3) is 0 Å². The summed E-state index contributed by atoms with van der Waals surface area (Å²) in [5.74, 6) is 0. The lowest BCUT2D eigenvalue weighted by molar-refractivity contribution is 0.632. The van der Waals surface area contributed by atoms with Gasteiger partial charge in [0.1, 0.15) is 0 Å². The van der Waals surface area contributed by atoms with E-state index in [0.29, 0.717) is 0 Å². The van der Waals surface area contributed by atoms with E-state index in [1.165, 1.54) is 66.0 Å². The Balaban J connectivity index is 1.71. The van der Waals surface area contributed by atoms with E-state index in [-0.39, 0.29) is 0 Å². The van der Waals surface area contributed by atoms with E-state index in [1.807, 2.05) is 0 Å². The van der Waals surface area contributed by atoms with Gasteiger partial charge in [-0.15, -0.1) is 0 Å². The lowest BCUT2D eigenvalue weighted by Gasteiger charge is -2.07. The van der Waals surface area contributed by atoms with Crippen LogP contribution in [0.25, 0.3) is 21.9 Å². The molecular weight excluding hydrogens is 276 g/mol. The third kappa shape index (κ3) is 4.22. The molecule has 0 unspecified atom stereocenters. The molecule has 3 aromatic rings. The largest absolute Gasteiger partial charge is 0.0654 e. The minimum atomic E-state index is 1.21. The summed E-state index contributed by atoms with van der Waals surface area (Å²) in [5, 5.41) is 2.69. The van der Waals surface area contributed by atoms with Crippen LogP contribution in [0.3, 0.4) is 0 Å². The van der Waals surface area contributed by atoms with Crippen molar-refractivity contribution in [1.82, 2.24) is 0 Å². The highest BCUT2D eigenvalue weighted by atomic mass is 14.1. The molecule has 0 N–H and O–H groups in total. The number of rotatable bonds is 7. The molecule has 0 spiro atoms. The topological polar surface area (TPSA) is 0 Å². The van der Waals surface area contributed by atoms with Crippen LogP contribution in [-0.2, 0) is 6.42 Å². The molecule has 0 aliphatic carbocycles. The predicted octanol–water partition coefficient (Wildman–Crippen LogP) is 7.02. The first kappa shape index (κ1) is 15.8. The van der Waals surface area contributed by atoms with Gasteiger partial charge < -0.3 is 0 Å². The quantitative estimate of drug-likeness (QED) is 0.411. The van der Waals surface area contributed by atoms with Crippen molar-refractivity contribution in [3.05, 3.63) is 72.3 Å². The van der Waals surface area contributed by atoms with Gasteiger partial charge in [-0.1, -0.05) is 93.3 Å². The summed E-state index contributed by atoms with van der Waals surface area (Å²) >= 11 is 0. The Morgan fingerprint density at radius 1 is 0.609 bits per heavy atom. The molecule has 3 aromatic carbocycles. The molecule has 0 aromatic heterocycles. The van der Waals surface area contributed by atoms with Crippen LogP contribution in [-0.4, -0.2) is 0 Å². The molecule has 0 radical (unpaired) electrons. The molecule has 0 aliphatic rings. The van der Waals surface area contributed by atoms with Crippen LogP contribution in [0.1, 0.15) is 44.6 Å². The van der Waals surface area contributed by atoms with Gasteiger partial charge in [-0.2, -0.15) is 0 Å². The molecule has 0 heterocycles. The van der Waals surface area contributed by atoms with Crippen LogP contribution in [0.5, 0.6) is 0 Å². The zero-order valence-electron chi connectivity index (χ0n) is 14.1. The van der Waals surface area contributed by atoms with Crippen molar-refractivity contribution in [2.75, 3.05) is 0 Å². The van der Waals surface area contributed by atoms with Gasteiger partial charge >= 0.3 is 0 Å². The smallest absolute Gasteiger partial charge is 0.0178 e. The molecule has 0 fully saturated rings. The zero-order valence-corrected chi connectivity index (χ0v) is 14.1. The number of aryl methyl sites for hydroxylation is 1. The molecular formula is C23H26. The van der Waals surface area contributed by atoms with Gasteiger partial charge in [0.05, 0.1) is 0 Å². The predicted molar refractivity (Wildman–Crippen MR) is 102 cm³/mol. The van der Waals surface area contributed by atoms with E-state index in [9.17, 15) is 0 Å². The third-order valence-electron chi connectivity index (χ3n) is 4.58. The second-order valence-corrected chi connectivity index (χ2v) is 6.43. The summed E-state index contributed by atoms with van der Waals surface area (Å²) in [4.78, 5) is 0. The van der Waals surface area contributed by atoms with E-state index < -0.39 is 0 Å². The van der Waals surface area contributed by atoms with E-state index in [2.05, 4.69) is 73.7 Å². The first-order chi connectivity index (χ1) is 11.4. The highest BCUT2D eigenvalue weighted by Gasteiger charge is 2.01. The Morgan fingerprint density at radius 3 is 2.17 bits per heavy atom. The van der Waals surface area contributed by atoms with Crippen molar-refractivity contribution >= 4 is 10.8 Å². The molecule has 0 aliphatic heterocycles. The Labute approximate surface area is 140 Å². The maximum atomic E-state index is 2.37. The van der Waals surface area contributed by atoms with Crippen LogP contribution in [0.15, 0.2) is 66.7 Å². The van der Waals surface area contributed by atoms with Crippen LogP contribution < -0.4 is 0 Å². The molecule has 0 bridgehead atoms. The number of benzene rings is 3. The molecule has 0 heteroatoms. The molecule has 118 valence electrons. The molecule has 0 saturated heterocycles. The molecule has 3 rings (SSSR count). The molecule has 0 atom stereocenters. The molecule has 23 heavy (non-hydrogen) atoms. The first-order valence-electron chi connectivity index (χ1n) is 8.95. The van der Waals surface area contributed by atoms with Gasteiger partial charge in [-0.3, -0.25) is 0 Å². The minimum Gasteiger partial charge on any atom is -0.0654 e. The second-order valence-electron chi connectivity index (χ2n) is 6.43. The van der Waals surface area contributed by atoms with Crippen molar-refractivity contribution in [2.24, 2.45) is 0 Å². The SMILES string of the molecule is CCCCCCCc1ccc2cc(-c3ccccc3)ccc2c1. The average Bonchev–Trinajstić information content (AvgIpc) is 2.62. The van der Waals surface area contributed by atoms with Crippen LogP contribution in [0, 0.1) is 0 Å². The normalized spacial score (nSPS) is 11.0. The fraction of sp³-hybridized carbons (Fsp3) is 0.304. The fourth-order valence-corrected chi connectivity index (χ4v) is 3.19. The zero-order chi connectivity index (χ0) is 15.9. The maximum Gasteiger partial charge on any atom is -0.0178 e. The standard InChI is InChI=1S/C23H26/c1-2-3-4-5-7-10-19-13-14-23-18-22(16-15-21(23)17-19)20-11-8-6-9-12-20/h6,8-9,11-18H,2-5,7,10H2,1H3. The highest BCUT2D eigenvalue weighted by molar-refractivity contribution is 5.87. The Bertz CT molecular complexity index is 740. The van der Waals surface area contributed by atoms with Gasteiger partial charge in [-0.05, 0) is 46.4 Å². The summed E-state index contributed by atoms with van der Waals surface area (Å²) in [6, 6.07) is 24.4. The van der Waals surface area contributed by atoms with Crippen LogP contribution >= 0.6 is 0 Å². The van der Waals surface area contributed by atoms with Crippen molar-refractivity contribution in [3.8, 4) is 11.1 Å². The van der Waals surface area contributed by atoms with Crippen LogP contribution in [0.4, 0.5) is 0 Å². The van der Waals surface area contributed by atoms with E-state index in [0.717, 1.165) is 0 Å². The Kier molecular flexibility index (Phi) is 5.47. The van der Waals surface area contributed by atoms with Gasteiger partial charge in [0.2, 0.25) is 0 Å². The first-order valence-corrected chi connectivity index (χ1v) is 8.95. The van der Waals surface area contributed by atoms with Gasteiger partial charge in [0, 0.05) is 0 Å². The van der Waals surface area contributed by atoms with Crippen molar-refractivity contribution in [1.29, 1.82) is 0 Å². The second kappa shape index (κ2) is 7.97. The fourth-order valence-electron chi connectivity index (χ4n) is 3.19. The molecule has 0 nitrogen and oxygen atoms in total. The Morgan fingerprint density at radius 2 is 1.35 bits per heavy atom. The van der Waals surface area contributed by atoms with Crippen molar-refractivity contribution in [3.63, 3.8) is 0 Å². The molecule has 0 amide bonds. The maximum absolute atomic E-state index is 2.37. The average molecular weight is 302 g/mol. The molecule has 0 saturated carbocycles. The third-order valence-corrected chi connectivity index (χ3v) is 4.58. The minimum absolute atomic E-state index is 1.21. The number of fused-ring (bicyclic) bond motifs is 1. The summed E-state index contributed by atoms with van der Waals surface area (Å²) in [6.07, 6.45) is 7.96. The van der Waals surface area contributed by atoms with Crippen LogP contribution in [0.2, 0.25) is 0 Å². The lowest BCUT2D eigenvalue weighted by atomic mass is 9.98. The summed E-state index contributed by atoms with van der Waals surface area (Å²) < 4.78 is 0. The summed E-state index contributed by atoms with van der Waals surface area (Å²) in [7, 11) is 0. The number of unbranched alkanes of at least 4 members (excludes halogenated alkanes) is 4. The van der Waals surface area contributed by atoms with Crippen molar-refractivity contribution < 1.29 is 0 Å². The van der Waals surface area contributed by atoms with Gasteiger partial charge in [0.15, 0.2) is 0 Å². The van der Waals surface area contributed by atoms with E-state index >= 15 is 0 Å². The van der Waals surface area contributed by atoms with Crippen molar-refractivity contribution in [2.45, 2.75) is 45.4 Å². The Hall–Kier alpha value is -2.08. The highest BCUT2D eigenvalue weighted by Crippen LogP contribution is 2.25. The number of hydrogen-bond donors (Lipinski definition) is 0. The monoisotopic (exact) mass is 302 g/mol. The number of hydrogen-bond acceptors (Lipinski definition) is 0. The summed E-state index contributed by atoms with van der Waals surface area (Å²) in [5.41, 5.74) is 4.06. The van der Waals surface area contributed by atoms with E-state index in [1.54, 1.807) is 0 Å². The summed E-state index contributed by atoms with van der Waals surface area (Å²) in [6.45, 7) is 2.27.